The van der Waals surface area contributed by atoms with E-state index in [4.69, 9.17) is 5.73 Å². The first-order valence-electron chi connectivity index (χ1n) is 8.24. The number of anilines is 1. The molecular weight excluding hydrogens is 262 g/mol. The summed E-state index contributed by atoms with van der Waals surface area (Å²) >= 11 is 0. The van der Waals surface area contributed by atoms with Crippen LogP contribution in [0.3, 0.4) is 0 Å². The number of hydrogen-bond acceptors (Lipinski definition) is 4. The Morgan fingerprint density at radius 1 is 1.00 bits per heavy atom. The molecule has 21 heavy (non-hydrogen) atoms. The van der Waals surface area contributed by atoms with Gasteiger partial charge in [0.05, 0.1) is 5.69 Å². The van der Waals surface area contributed by atoms with Crippen molar-refractivity contribution in [2.45, 2.75) is 71.6 Å². The molecule has 116 valence electrons. The number of fused-ring (bicyclic) bond motifs is 1. The van der Waals surface area contributed by atoms with Gasteiger partial charge in [0.25, 0.3) is 5.78 Å². The van der Waals surface area contributed by atoms with Crippen LogP contribution < -0.4 is 5.73 Å². The molecule has 0 saturated heterocycles. The van der Waals surface area contributed by atoms with Crippen molar-refractivity contribution in [2.24, 2.45) is 0 Å². The van der Waals surface area contributed by atoms with Gasteiger partial charge in [0.2, 0.25) is 0 Å². The predicted molar refractivity (Wildman–Crippen MR) is 86.3 cm³/mol. The standard InChI is InChI=1S/C16H27N5/c1-3-5-6-7-8-9-11-14-13(10-4-2)15(17)21-16(20-14)18-12-19-21/h12H,3-11,17H2,1-2H3. The number of unbranched alkanes of at least 4 members (excludes halogenated alkanes) is 5. The molecule has 0 fully saturated rings. The Morgan fingerprint density at radius 2 is 1.76 bits per heavy atom. The Bertz CT molecular complexity index is 561. The van der Waals surface area contributed by atoms with Gasteiger partial charge in [-0.05, 0) is 19.3 Å². The molecule has 0 spiro atoms. The maximum atomic E-state index is 6.24. The van der Waals surface area contributed by atoms with Crippen LogP contribution in [0.2, 0.25) is 0 Å². The van der Waals surface area contributed by atoms with Crippen LogP contribution in [0.1, 0.15) is 70.1 Å². The lowest BCUT2D eigenvalue weighted by Crippen LogP contribution is -2.10. The largest absolute Gasteiger partial charge is 0.383 e. The third-order valence-electron chi connectivity index (χ3n) is 3.92. The fourth-order valence-electron chi connectivity index (χ4n) is 2.75. The first kappa shape index (κ1) is 15.7. The average Bonchev–Trinajstić information content (AvgIpc) is 2.95. The Morgan fingerprint density at radius 3 is 2.52 bits per heavy atom. The summed E-state index contributed by atoms with van der Waals surface area (Å²) in [4.78, 5) is 8.83. The van der Waals surface area contributed by atoms with E-state index in [1.54, 1.807) is 4.52 Å². The molecule has 5 nitrogen and oxygen atoms in total. The second kappa shape index (κ2) is 7.96. The van der Waals surface area contributed by atoms with Gasteiger partial charge < -0.3 is 5.73 Å². The predicted octanol–water partition coefficient (Wildman–Crippen LogP) is 3.56. The van der Waals surface area contributed by atoms with E-state index < -0.39 is 0 Å². The van der Waals surface area contributed by atoms with Gasteiger partial charge in [0, 0.05) is 5.56 Å². The molecule has 0 atom stereocenters. The highest BCUT2D eigenvalue weighted by Crippen LogP contribution is 2.20. The summed E-state index contributed by atoms with van der Waals surface area (Å²) in [6.07, 6.45) is 12.3. The Kier molecular flexibility index (Phi) is 5.96. The van der Waals surface area contributed by atoms with Crippen LogP contribution in [0.15, 0.2) is 6.33 Å². The molecule has 2 rings (SSSR count). The van der Waals surface area contributed by atoms with E-state index in [0.717, 1.165) is 30.5 Å². The molecule has 0 aliphatic rings. The lowest BCUT2D eigenvalue weighted by Gasteiger charge is -2.11. The highest BCUT2D eigenvalue weighted by molar-refractivity contribution is 5.49. The van der Waals surface area contributed by atoms with E-state index in [9.17, 15) is 0 Å². The first-order chi connectivity index (χ1) is 10.3. The zero-order chi connectivity index (χ0) is 15.1. The summed E-state index contributed by atoms with van der Waals surface area (Å²) in [7, 11) is 0. The fraction of sp³-hybridized carbons (Fsp3) is 0.688. The molecule has 0 aliphatic carbocycles. The molecule has 0 bridgehead atoms. The van der Waals surface area contributed by atoms with E-state index in [2.05, 4.69) is 28.9 Å². The zero-order valence-corrected chi connectivity index (χ0v) is 13.3. The highest BCUT2D eigenvalue weighted by atomic mass is 15.3. The third-order valence-corrected chi connectivity index (χ3v) is 3.92. The van der Waals surface area contributed by atoms with Crippen LogP contribution >= 0.6 is 0 Å². The summed E-state index contributed by atoms with van der Waals surface area (Å²) in [6, 6.07) is 0. The van der Waals surface area contributed by atoms with Crippen molar-refractivity contribution in [3.05, 3.63) is 17.6 Å². The number of nitrogens with two attached hydrogens (primary N) is 1. The summed E-state index contributed by atoms with van der Waals surface area (Å²) in [5.74, 6) is 1.33. The van der Waals surface area contributed by atoms with E-state index in [1.807, 2.05) is 0 Å². The molecule has 0 radical (unpaired) electrons. The van der Waals surface area contributed by atoms with Gasteiger partial charge >= 0.3 is 0 Å². The minimum atomic E-state index is 0.619. The van der Waals surface area contributed by atoms with Crippen LogP contribution in [0.5, 0.6) is 0 Å². The summed E-state index contributed by atoms with van der Waals surface area (Å²) in [6.45, 7) is 4.41. The van der Waals surface area contributed by atoms with Crippen LogP contribution in [-0.4, -0.2) is 19.6 Å². The van der Waals surface area contributed by atoms with Crippen molar-refractivity contribution in [1.29, 1.82) is 0 Å². The van der Waals surface area contributed by atoms with Crippen molar-refractivity contribution in [2.75, 3.05) is 5.73 Å². The van der Waals surface area contributed by atoms with Gasteiger partial charge in [-0.3, -0.25) is 0 Å². The molecule has 0 amide bonds. The molecule has 0 aliphatic heterocycles. The quantitative estimate of drug-likeness (QED) is 0.717. The number of aryl methyl sites for hydroxylation is 1. The van der Waals surface area contributed by atoms with Crippen molar-refractivity contribution in [3.63, 3.8) is 0 Å². The van der Waals surface area contributed by atoms with Gasteiger partial charge in [-0.1, -0.05) is 52.4 Å². The summed E-state index contributed by atoms with van der Waals surface area (Å²) < 4.78 is 1.65. The normalized spacial score (nSPS) is 11.3. The minimum Gasteiger partial charge on any atom is -0.383 e. The van der Waals surface area contributed by atoms with E-state index in [-0.39, 0.29) is 0 Å². The number of nitrogens with zero attached hydrogens (tertiary/aromatic N) is 4. The van der Waals surface area contributed by atoms with Crippen LogP contribution in [0.4, 0.5) is 5.82 Å². The lowest BCUT2D eigenvalue weighted by atomic mass is 10.0. The van der Waals surface area contributed by atoms with Gasteiger partial charge in [-0.2, -0.15) is 14.6 Å². The molecule has 5 heteroatoms. The van der Waals surface area contributed by atoms with Crippen LogP contribution in [-0.2, 0) is 12.8 Å². The molecular formula is C16H27N5. The lowest BCUT2D eigenvalue weighted by molar-refractivity contribution is 0.603. The second-order valence-electron chi connectivity index (χ2n) is 5.66. The van der Waals surface area contributed by atoms with Crippen LogP contribution in [0, 0.1) is 0 Å². The second-order valence-corrected chi connectivity index (χ2v) is 5.66. The van der Waals surface area contributed by atoms with E-state index in [0.29, 0.717) is 11.6 Å². The van der Waals surface area contributed by atoms with Gasteiger partial charge in [0.1, 0.15) is 12.1 Å². The fourth-order valence-corrected chi connectivity index (χ4v) is 2.75. The monoisotopic (exact) mass is 289 g/mol. The van der Waals surface area contributed by atoms with Crippen molar-refractivity contribution >= 4 is 11.6 Å². The number of aromatic nitrogens is 4. The number of rotatable bonds is 9. The molecule has 2 N–H and O–H groups in total. The van der Waals surface area contributed by atoms with Crippen molar-refractivity contribution in [1.82, 2.24) is 19.6 Å². The van der Waals surface area contributed by atoms with E-state index in [1.165, 1.54) is 44.9 Å². The number of hydrogen-bond donors (Lipinski definition) is 1. The van der Waals surface area contributed by atoms with Crippen molar-refractivity contribution < 1.29 is 0 Å². The highest BCUT2D eigenvalue weighted by Gasteiger charge is 2.13. The van der Waals surface area contributed by atoms with Crippen molar-refractivity contribution in [3.8, 4) is 0 Å². The molecule has 0 unspecified atom stereocenters. The molecule has 0 saturated carbocycles. The maximum absolute atomic E-state index is 6.24. The molecule has 0 aromatic carbocycles. The Hall–Kier alpha value is -1.65. The zero-order valence-electron chi connectivity index (χ0n) is 13.3. The first-order valence-corrected chi connectivity index (χ1v) is 8.24. The SMILES string of the molecule is CCCCCCCCc1nc2ncnn2c(N)c1CCC. The molecule has 2 aromatic rings. The minimum absolute atomic E-state index is 0.619. The summed E-state index contributed by atoms with van der Waals surface area (Å²) in [5.41, 5.74) is 8.51. The van der Waals surface area contributed by atoms with Crippen LogP contribution in [0.25, 0.3) is 5.78 Å². The molecule has 2 aromatic heterocycles. The Labute approximate surface area is 127 Å². The summed E-state index contributed by atoms with van der Waals surface area (Å²) in [5, 5.41) is 4.15. The topological polar surface area (TPSA) is 69.1 Å². The molecule has 2 heterocycles. The Balaban J connectivity index is 2.04. The smallest absolute Gasteiger partial charge is 0.254 e. The van der Waals surface area contributed by atoms with Gasteiger partial charge in [0.15, 0.2) is 0 Å². The third kappa shape index (κ3) is 3.93. The van der Waals surface area contributed by atoms with E-state index >= 15 is 0 Å². The van der Waals surface area contributed by atoms with Gasteiger partial charge in [-0.25, -0.2) is 4.98 Å². The number of nitrogen functional groups attached to an aromatic ring is 1. The van der Waals surface area contributed by atoms with Gasteiger partial charge in [-0.15, -0.1) is 0 Å². The average molecular weight is 289 g/mol. The maximum Gasteiger partial charge on any atom is 0.254 e.